The monoisotopic (exact) mass is 383 g/mol. The van der Waals surface area contributed by atoms with Crippen molar-refractivity contribution in [3.8, 4) is 11.5 Å². The number of hydrogen-bond donors (Lipinski definition) is 1. The lowest BCUT2D eigenvalue weighted by Crippen LogP contribution is -2.20. The molecule has 1 amide bonds. The zero-order chi connectivity index (χ0) is 18.1. The van der Waals surface area contributed by atoms with Crippen LogP contribution in [0, 0.1) is 0 Å². The molecule has 0 fully saturated rings. The Hall–Kier alpha value is -1.95. The van der Waals surface area contributed by atoms with E-state index in [9.17, 15) is 4.79 Å². The molecule has 0 aromatic heterocycles. The summed E-state index contributed by atoms with van der Waals surface area (Å²) in [6.45, 7) is 3.46. The third-order valence-corrected chi connectivity index (χ3v) is 3.62. The maximum atomic E-state index is 11.9. The highest BCUT2D eigenvalue weighted by Crippen LogP contribution is 2.27. The van der Waals surface area contributed by atoms with Crippen molar-refractivity contribution in [1.29, 1.82) is 0 Å². The Morgan fingerprint density at radius 1 is 1.04 bits per heavy atom. The van der Waals surface area contributed by atoms with Crippen LogP contribution in [0.25, 0.3) is 0 Å². The number of anilines is 1. The smallest absolute Gasteiger partial charge is 0.262 e. The van der Waals surface area contributed by atoms with Crippen LogP contribution in [0.15, 0.2) is 42.5 Å². The highest BCUT2D eigenvalue weighted by molar-refractivity contribution is 6.35. The molecule has 0 spiro atoms. The molecule has 0 saturated carbocycles. The number of rotatable bonds is 9. The lowest BCUT2D eigenvalue weighted by atomic mass is 10.3. The molecule has 0 aliphatic heterocycles. The van der Waals surface area contributed by atoms with E-state index in [1.165, 1.54) is 0 Å². The summed E-state index contributed by atoms with van der Waals surface area (Å²) in [5, 5.41) is 3.59. The average molecular weight is 384 g/mol. The quantitative estimate of drug-likeness (QED) is 0.650. The summed E-state index contributed by atoms with van der Waals surface area (Å²) in [5.74, 6) is 0.817. The van der Waals surface area contributed by atoms with Crippen LogP contribution in [0.2, 0.25) is 10.0 Å². The second kappa shape index (κ2) is 10.1. The number of carbonyl (C=O) groups excluding carboxylic acids is 1. The van der Waals surface area contributed by atoms with E-state index in [4.69, 9.17) is 37.4 Å². The molecular formula is C18H19Cl2NO4. The summed E-state index contributed by atoms with van der Waals surface area (Å²) in [5.41, 5.74) is 0.646. The Bertz CT molecular complexity index is 692. The van der Waals surface area contributed by atoms with Gasteiger partial charge in [0.25, 0.3) is 5.91 Å². The van der Waals surface area contributed by atoms with Gasteiger partial charge in [0.2, 0.25) is 0 Å². The fraction of sp³-hybridized carbons (Fsp3) is 0.278. The van der Waals surface area contributed by atoms with E-state index in [0.717, 1.165) is 0 Å². The van der Waals surface area contributed by atoms with Crippen molar-refractivity contribution in [2.24, 2.45) is 0 Å². The molecular weight excluding hydrogens is 365 g/mol. The van der Waals surface area contributed by atoms with Crippen LogP contribution in [0.1, 0.15) is 6.92 Å². The molecule has 0 bridgehead atoms. The van der Waals surface area contributed by atoms with Crippen LogP contribution < -0.4 is 14.8 Å². The minimum atomic E-state index is -0.295. The Kier molecular flexibility index (Phi) is 7.85. The van der Waals surface area contributed by atoms with Gasteiger partial charge in [0.05, 0.1) is 11.6 Å². The standard InChI is InChI=1S/C18H19Cl2NO4/c1-2-23-9-10-24-15-6-4-14(5-7-15)21-18(22)12-25-17-8-3-13(19)11-16(17)20/h3-8,11H,2,9-10,12H2,1H3,(H,21,22). The third kappa shape index (κ3) is 6.82. The third-order valence-electron chi connectivity index (χ3n) is 3.09. The van der Waals surface area contributed by atoms with Gasteiger partial charge in [-0.3, -0.25) is 4.79 Å². The van der Waals surface area contributed by atoms with Crippen molar-refractivity contribution in [3.63, 3.8) is 0 Å². The Balaban J connectivity index is 1.78. The van der Waals surface area contributed by atoms with Crippen molar-refractivity contribution in [1.82, 2.24) is 0 Å². The van der Waals surface area contributed by atoms with E-state index >= 15 is 0 Å². The van der Waals surface area contributed by atoms with Crippen LogP contribution in [-0.4, -0.2) is 32.3 Å². The van der Waals surface area contributed by atoms with Gasteiger partial charge in [0.1, 0.15) is 18.1 Å². The summed E-state index contributed by atoms with van der Waals surface area (Å²) in [6, 6.07) is 11.9. The number of carbonyl (C=O) groups is 1. The molecule has 25 heavy (non-hydrogen) atoms. The predicted octanol–water partition coefficient (Wildman–Crippen LogP) is 4.43. The van der Waals surface area contributed by atoms with E-state index in [1.54, 1.807) is 42.5 Å². The summed E-state index contributed by atoms with van der Waals surface area (Å²) in [6.07, 6.45) is 0. The van der Waals surface area contributed by atoms with E-state index < -0.39 is 0 Å². The van der Waals surface area contributed by atoms with Gasteiger partial charge in [-0.2, -0.15) is 0 Å². The highest BCUT2D eigenvalue weighted by atomic mass is 35.5. The van der Waals surface area contributed by atoms with E-state index in [1.807, 2.05) is 6.92 Å². The Labute approximate surface area is 156 Å². The van der Waals surface area contributed by atoms with E-state index in [-0.39, 0.29) is 12.5 Å². The molecule has 0 aliphatic rings. The summed E-state index contributed by atoms with van der Waals surface area (Å²) in [7, 11) is 0. The van der Waals surface area contributed by atoms with Crippen LogP contribution in [-0.2, 0) is 9.53 Å². The molecule has 0 unspecified atom stereocenters. The van der Waals surface area contributed by atoms with Gasteiger partial charge in [0, 0.05) is 17.3 Å². The Morgan fingerprint density at radius 2 is 1.80 bits per heavy atom. The normalized spacial score (nSPS) is 10.4. The van der Waals surface area contributed by atoms with Gasteiger partial charge in [-0.1, -0.05) is 23.2 Å². The largest absolute Gasteiger partial charge is 0.491 e. The van der Waals surface area contributed by atoms with Crippen molar-refractivity contribution in [2.75, 3.05) is 31.7 Å². The fourth-order valence-electron chi connectivity index (χ4n) is 1.93. The zero-order valence-electron chi connectivity index (χ0n) is 13.8. The minimum absolute atomic E-state index is 0.159. The molecule has 1 N–H and O–H groups in total. The topological polar surface area (TPSA) is 56.8 Å². The number of hydrogen-bond acceptors (Lipinski definition) is 4. The van der Waals surface area contributed by atoms with E-state index in [0.29, 0.717) is 47.1 Å². The lowest BCUT2D eigenvalue weighted by Gasteiger charge is -2.10. The lowest BCUT2D eigenvalue weighted by molar-refractivity contribution is -0.118. The molecule has 0 atom stereocenters. The van der Waals surface area contributed by atoms with Crippen molar-refractivity contribution < 1.29 is 19.0 Å². The molecule has 134 valence electrons. The maximum absolute atomic E-state index is 11.9. The molecule has 0 radical (unpaired) electrons. The van der Waals surface area contributed by atoms with Crippen LogP contribution in [0.5, 0.6) is 11.5 Å². The average Bonchev–Trinajstić information content (AvgIpc) is 2.59. The first kappa shape index (κ1) is 19.4. The molecule has 0 heterocycles. The van der Waals surface area contributed by atoms with Crippen LogP contribution in [0.4, 0.5) is 5.69 Å². The van der Waals surface area contributed by atoms with Crippen LogP contribution in [0.3, 0.4) is 0 Å². The van der Waals surface area contributed by atoms with E-state index in [2.05, 4.69) is 5.32 Å². The molecule has 2 rings (SSSR count). The SMILES string of the molecule is CCOCCOc1ccc(NC(=O)COc2ccc(Cl)cc2Cl)cc1. The molecule has 5 nitrogen and oxygen atoms in total. The highest BCUT2D eigenvalue weighted by Gasteiger charge is 2.07. The summed E-state index contributed by atoms with van der Waals surface area (Å²) >= 11 is 11.8. The second-order valence-electron chi connectivity index (χ2n) is 4.98. The van der Waals surface area contributed by atoms with Gasteiger partial charge < -0.3 is 19.5 Å². The molecule has 2 aromatic carbocycles. The van der Waals surface area contributed by atoms with Gasteiger partial charge in [-0.25, -0.2) is 0 Å². The number of nitrogens with one attached hydrogen (secondary N) is 1. The summed E-state index contributed by atoms with van der Waals surface area (Å²) < 4.78 is 16.1. The molecule has 0 aliphatic carbocycles. The molecule has 0 saturated heterocycles. The van der Waals surface area contributed by atoms with Gasteiger partial charge in [-0.05, 0) is 49.4 Å². The van der Waals surface area contributed by atoms with Gasteiger partial charge >= 0.3 is 0 Å². The zero-order valence-corrected chi connectivity index (χ0v) is 15.3. The van der Waals surface area contributed by atoms with Crippen molar-refractivity contribution in [2.45, 2.75) is 6.92 Å². The fourth-order valence-corrected chi connectivity index (χ4v) is 2.39. The minimum Gasteiger partial charge on any atom is -0.491 e. The number of benzene rings is 2. The molecule has 7 heteroatoms. The van der Waals surface area contributed by atoms with Gasteiger partial charge in [0.15, 0.2) is 6.61 Å². The maximum Gasteiger partial charge on any atom is 0.262 e. The van der Waals surface area contributed by atoms with Crippen molar-refractivity contribution >= 4 is 34.8 Å². The first-order valence-electron chi connectivity index (χ1n) is 7.77. The van der Waals surface area contributed by atoms with Crippen LogP contribution >= 0.6 is 23.2 Å². The second-order valence-corrected chi connectivity index (χ2v) is 5.82. The molecule has 2 aromatic rings. The number of ether oxygens (including phenoxy) is 3. The number of halogens is 2. The number of amides is 1. The first-order valence-corrected chi connectivity index (χ1v) is 8.52. The van der Waals surface area contributed by atoms with Gasteiger partial charge in [-0.15, -0.1) is 0 Å². The van der Waals surface area contributed by atoms with Crippen molar-refractivity contribution in [3.05, 3.63) is 52.5 Å². The predicted molar refractivity (Wildman–Crippen MR) is 99.0 cm³/mol. The summed E-state index contributed by atoms with van der Waals surface area (Å²) in [4.78, 5) is 11.9. The first-order chi connectivity index (χ1) is 12.1. The Morgan fingerprint density at radius 3 is 2.48 bits per heavy atom.